The van der Waals surface area contributed by atoms with Crippen molar-refractivity contribution in [1.29, 1.82) is 5.26 Å². The number of hydrogen-bond acceptors (Lipinski definition) is 10. The summed E-state index contributed by atoms with van der Waals surface area (Å²) in [6.07, 6.45) is 8.21. The van der Waals surface area contributed by atoms with Crippen LogP contribution in [0.15, 0.2) is 82.2 Å². The third-order valence-electron chi connectivity index (χ3n) is 9.02. The number of nitrogens with one attached hydrogen (secondary N) is 2. The van der Waals surface area contributed by atoms with Crippen LogP contribution in [-0.2, 0) is 16.1 Å². The Morgan fingerprint density at radius 1 is 1.12 bits per heavy atom. The van der Waals surface area contributed by atoms with Crippen molar-refractivity contribution in [1.82, 2.24) is 24.8 Å². The summed E-state index contributed by atoms with van der Waals surface area (Å²) in [6, 6.07) is 16.8. The lowest BCUT2D eigenvalue weighted by atomic mass is 9.84. The number of aromatic hydroxyl groups is 1. The number of aromatic nitrogens is 4. The summed E-state index contributed by atoms with van der Waals surface area (Å²) >= 11 is 0. The van der Waals surface area contributed by atoms with E-state index in [1.807, 2.05) is 42.6 Å². The average molecular weight is 690 g/mol. The van der Waals surface area contributed by atoms with Crippen molar-refractivity contribution in [3.05, 3.63) is 78.1 Å². The summed E-state index contributed by atoms with van der Waals surface area (Å²) in [6.45, 7) is 0.276. The number of imidazole rings is 1. The first-order valence-electron chi connectivity index (χ1n) is 16.8. The Morgan fingerprint density at radius 3 is 2.69 bits per heavy atom. The third kappa shape index (κ3) is 8.30. The molecule has 3 heterocycles. The van der Waals surface area contributed by atoms with Crippen LogP contribution in [0.3, 0.4) is 0 Å². The number of pyridine rings is 1. The zero-order valence-electron chi connectivity index (χ0n) is 27.9. The lowest BCUT2D eigenvalue weighted by Gasteiger charge is -2.29. The molecule has 1 saturated carbocycles. The highest BCUT2D eigenvalue weighted by molar-refractivity contribution is 6.02. The normalized spacial score (nSPS) is 16.5. The molecule has 0 aliphatic heterocycles. The van der Waals surface area contributed by atoms with Crippen molar-refractivity contribution in [3.8, 4) is 11.8 Å². The Hall–Kier alpha value is -6.30. The molecule has 1 fully saturated rings. The standard InChI is InChI=1S/C36H39N11O4/c37-16-14-22-8-11-25(12-9-22)47-31-26-15-18-40-32(26)42-20-29(31)44-36(47)46-45-24-10-13-30(48)27(19-24)33(49)43-28(7-4-17-41-35(38)39)34(50)51-21-23-5-2-1-3-6-23/h1-3,5-6,10,13,15,18-20,22,25,28,48H,4,7-9,11-12,14,17,21H2,(H,40,42)(H,43,49)(H4,38,39,41)/t22?,25?,28-/m1/s1. The molecule has 0 saturated heterocycles. The molecule has 15 nitrogen and oxygen atoms in total. The molecule has 0 unspecified atom stereocenters. The van der Waals surface area contributed by atoms with Gasteiger partial charge in [0.1, 0.15) is 29.6 Å². The number of nitrogens with zero attached hydrogens (tertiary/aromatic N) is 7. The number of fused-ring (bicyclic) bond motifs is 3. The minimum Gasteiger partial charge on any atom is -0.507 e. The van der Waals surface area contributed by atoms with Crippen molar-refractivity contribution in [2.75, 3.05) is 6.54 Å². The number of nitriles is 1. The van der Waals surface area contributed by atoms with Crippen LogP contribution in [0.25, 0.3) is 22.1 Å². The largest absolute Gasteiger partial charge is 0.507 e. The van der Waals surface area contributed by atoms with Gasteiger partial charge in [-0.25, -0.2) is 14.8 Å². The SMILES string of the molecule is N#CCC1CCC(n2c(N=Nc3ccc(O)c(C(=O)N[C@H](CCCN=C(N)N)C(=O)OCc4ccccc4)c3)nc3cnc4[nH]ccc4c32)CC1. The number of esters is 1. The molecule has 262 valence electrons. The molecule has 1 aliphatic carbocycles. The van der Waals surface area contributed by atoms with E-state index in [2.05, 4.69) is 41.1 Å². The second-order valence-electron chi connectivity index (χ2n) is 12.5. The van der Waals surface area contributed by atoms with Gasteiger partial charge in [0.05, 0.1) is 29.0 Å². The number of rotatable bonds is 13. The Labute approximate surface area is 293 Å². The van der Waals surface area contributed by atoms with Gasteiger partial charge in [0.2, 0.25) is 0 Å². The first-order chi connectivity index (χ1) is 24.8. The quantitative estimate of drug-likeness (QED) is 0.0341. The number of guanidine groups is 1. The number of carbonyl (C=O) groups is 2. The van der Waals surface area contributed by atoms with E-state index in [-0.39, 0.29) is 48.6 Å². The number of ether oxygens (including phenoxy) is 1. The second-order valence-corrected chi connectivity index (χ2v) is 12.5. The van der Waals surface area contributed by atoms with Crippen molar-refractivity contribution in [2.24, 2.45) is 32.6 Å². The summed E-state index contributed by atoms with van der Waals surface area (Å²) in [5, 5.41) is 32.5. The van der Waals surface area contributed by atoms with Gasteiger partial charge in [0, 0.05) is 30.6 Å². The van der Waals surface area contributed by atoms with Crippen LogP contribution in [0.1, 0.15) is 66.9 Å². The van der Waals surface area contributed by atoms with Crippen LogP contribution in [0.2, 0.25) is 0 Å². The molecule has 51 heavy (non-hydrogen) atoms. The highest BCUT2D eigenvalue weighted by atomic mass is 16.5. The molecule has 7 N–H and O–H groups in total. The fourth-order valence-electron chi connectivity index (χ4n) is 6.42. The number of azo groups is 1. The summed E-state index contributed by atoms with van der Waals surface area (Å²) < 4.78 is 7.61. The zero-order valence-corrected chi connectivity index (χ0v) is 27.9. The van der Waals surface area contributed by atoms with Crippen molar-refractivity contribution < 1.29 is 19.4 Å². The number of hydrogen-bond donors (Lipinski definition) is 5. The van der Waals surface area contributed by atoms with Crippen molar-refractivity contribution in [3.63, 3.8) is 0 Å². The minimum absolute atomic E-state index is 0.0266. The summed E-state index contributed by atoms with van der Waals surface area (Å²) in [5.74, 6) is -0.971. The van der Waals surface area contributed by atoms with E-state index >= 15 is 0 Å². The molecule has 6 rings (SSSR count). The third-order valence-corrected chi connectivity index (χ3v) is 9.02. The van der Waals surface area contributed by atoms with Gasteiger partial charge in [-0.3, -0.25) is 9.79 Å². The number of benzene rings is 2. The first-order valence-corrected chi connectivity index (χ1v) is 16.8. The zero-order chi connectivity index (χ0) is 35.7. The maximum Gasteiger partial charge on any atom is 0.328 e. The molecule has 1 amide bonds. The Morgan fingerprint density at radius 2 is 1.92 bits per heavy atom. The highest BCUT2D eigenvalue weighted by Crippen LogP contribution is 2.40. The van der Waals surface area contributed by atoms with Crippen LogP contribution in [0.5, 0.6) is 5.75 Å². The molecule has 1 atom stereocenters. The maximum absolute atomic E-state index is 13.5. The fourth-order valence-corrected chi connectivity index (χ4v) is 6.42. The van der Waals surface area contributed by atoms with E-state index in [4.69, 9.17) is 21.2 Å². The summed E-state index contributed by atoms with van der Waals surface area (Å²) in [5.41, 5.74) is 14.1. The molecule has 2 aromatic carbocycles. The van der Waals surface area contributed by atoms with E-state index in [9.17, 15) is 20.0 Å². The van der Waals surface area contributed by atoms with E-state index in [0.29, 0.717) is 30.2 Å². The number of phenolic OH excluding ortho intramolecular Hbond substituents is 1. The Bertz CT molecular complexity index is 2100. The lowest BCUT2D eigenvalue weighted by Crippen LogP contribution is -2.42. The molecule has 0 radical (unpaired) electrons. The molecule has 0 spiro atoms. The molecule has 5 aromatic rings. The Kier molecular flexibility index (Phi) is 10.8. The van der Waals surface area contributed by atoms with Crippen molar-refractivity contribution >= 4 is 51.5 Å². The summed E-state index contributed by atoms with van der Waals surface area (Å²) in [4.78, 5) is 43.0. The van der Waals surface area contributed by atoms with Gasteiger partial charge < -0.3 is 36.2 Å². The molecule has 15 heteroatoms. The molecule has 0 bridgehead atoms. The van der Waals surface area contributed by atoms with E-state index in [0.717, 1.165) is 47.8 Å². The van der Waals surface area contributed by atoms with Crippen molar-refractivity contribution in [2.45, 2.75) is 63.6 Å². The number of H-pyrrole nitrogens is 1. The predicted molar refractivity (Wildman–Crippen MR) is 190 cm³/mol. The number of carbonyl (C=O) groups excluding carboxylic acids is 2. The van der Waals surface area contributed by atoms with Crippen LogP contribution >= 0.6 is 0 Å². The molecular formula is C36H39N11O4. The van der Waals surface area contributed by atoms with Gasteiger partial charge in [-0.1, -0.05) is 30.3 Å². The van der Waals surface area contributed by atoms with Gasteiger partial charge >= 0.3 is 5.97 Å². The lowest BCUT2D eigenvalue weighted by molar-refractivity contribution is -0.147. The number of amides is 1. The van der Waals surface area contributed by atoms with E-state index in [1.54, 1.807) is 6.20 Å². The molecular weight excluding hydrogens is 650 g/mol. The second kappa shape index (κ2) is 15.9. The highest BCUT2D eigenvalue weighted by Gasteiger charge is 2.28. The van der Waals surface area contributed by atoms with Gasteiger partial charge in [-0.2, -0.15) is 5.26 Å². The first kappa shape index (κ1) is 34.6. The predicted octanol–water partition coefficient (Wildman–Crippen LogP) is 5.57. The van der Waals surface area contributed by atoms with Gasteiger partial charge in [0.25, 0.3) is 11.9 Å². The maximum atomic E-state index is 13.5. The number of aromatic amines is 1. The van der Waals surface area contributed by atoms with Gasteiger partial charge in [-0.05, 0) is 74.3 Å². The smallest absolute Gasteiger partial charge is 0.328 e. The monoisotopic (exact) mass is 689 g/mol. The van der Waals surface area contributed by atoms with E-state index in [1.165, 1.54) is 18.2 Å². The van der Waals surface area contributed by atoms with Gasteiger partial charge in [0.15, 0.2) is 5.96 Å². The summed E-state index contributed by atoms with van der Waals surface area (Å²) in [7, 11) is 0. The number of phenols is 1. The van der Waals surface area contributed by atoms with Crippen LogP contribution in [0.4, 0.5) is 11.6 Å². The van der Waals surface area contributed by atoms with Gasteiger partial charge in [-0.15, -0.1) is 10.2 Å². The number of aliphatic imine (C=N–C) groups is 1. The fraction of sp³-hybridized carbons (Fsp3) is 0.333. The molecule has 3 aromatic heterocycles. The average Bonchev–Trinajstić information content (AvgIpc) is 3.77. The van der Waals surface area contributed by atoms with Crippen LogP contribution in [0, 0.1) is 17.2 Å². The Balaban J connectivity index is 1.23. The van der Waals surface area contributed by atoms with Crippen LogP contribution in [-0.4, -0.2) is 55.0 Å². The topological polar surface area (TPSA) is 235 Å². The number of nitrogens with two attached hydrogens (primary N) is 2. The molecule has 1 aliphatic rings. The van der Waals surface area contributed by atoms with E-state index < -0.39 is 17.9 Å². The van der Waals surface area contributed by atoms with Crippen LogP contribution < -0.4 is 16.8 Å². The minimum atomic E-state index is -1.04.